The maximum Gasteiger partial charge on any atom is 0.227 e. The molecule has 2 aromatic rings. The van der Waals surface area contributed by atoms with E-state index in [9.17, 15) is 9.59 Å². The van der Waals surface area contributed by atoms with Crippen LogP contribution in [0.25, 0.3) is 0 Å². The van der Waals surface area contributed by atoms with Crippen LogP contribution in [-0.4, -0.2) is 36.6 Å². The third-order valence-electron chi connectivity index (χ3n) is 4.50. The Hall–Kier alpha value is -3.09. The number of amides is 2. The molecule has 1 saturated heterocycles. The van der Waals surface area contributed by atoms with Gasteiger partial charge in [-0.2, -0.15) is 0 Å². The van der Waals surface area contributed by atoms with Crippen molar-refractivity contribution in [2.24, 2.45) is 5.92 Å². The number of ether oxygens (including phenoxy) is 2. The molecule has 1 atom stereocenters. The minimum absolute atomic E-state index is 0.0698. The van der Waals surface area contributed by atoms with E-state index in [1.54, 1.807) is 23.2 Å². The van der Waals surface area contributed by atoms with Crippen LogP contribution >= 0.6 is 0 Å². The lowest BCUT2D eigenvalue weighted by atomic mass is 10.1. The summed E-state index contributed by atoms with van der Waals surface area (Å²) in [4.78, 5) is 30.6. The number of rotatable bonds is 4. The molecular weight excluding hydrogens is 334 g/mol. The van der Waals surface area contributed by atoms with Crippen molar-refractivity contribution in [3.63, 3.8) is 0 Å². The van der Waals surface area contributed by atoms with Gasteiger partial charge in [0, 0.05) is 30.9 Å². The average Bonchev–Trinajstić information content (AvgIpc) is 3.08. The highest BCUT2D eigenvalue weighted by molar-refractivity contribution is 6.00. The van der Waals surface area contributed by atoms with Crippen LogP contribution in [0.15, 0.2) is 42.6 Å². The molecule has 2 amide bonds. The predicted molar refractivity (Wildman–Crippen MR) is 94.0 cm³/mol. The Morgan fingerprint density at radius 1 is 1.19 bits per heavy atom. The first-order valence-electron chi connectivity index (χ1n) is 8.58. The number of pyridine rings is 1. The van der Waals surface area contributed by atoms with Crippen molar-refractivity contribution in [3.05, 3.63) is 48.3 Å². The molecule has 1 fully saturated rings. The summed E-state index contributed by atoms with van der Waals surface area (Å²) in [5.41, 5.74) is 1.51. The number of nitrogens with one attached hydrogen (secondary N) is 1. The second-order valence-corrected chi connectivity index (χ2v) is 6.27. The average molecular weight is 353 g/mol. The molecule has 0 saturated carbocycles. The maximum atomic E-state index is 12.4. The van der Waals surface area contributed by atoms with Gasteiger partial charge in [0.25, 0.3) is 0 Å². The fourth-order valence-corrected chi connectivity index (χ4v) is 3.16. The number of hydrogen-bond acceptors (Lipinski definition) is 5. The Morgan fingerprint density at radius 3 is 2.85 bits per heavy atom. The minimum Gasteiger partial charge on any atom is -0.486 e. The van der Waals surface area contributed by atoms with Gasteiger partial charge in [0.2, 0.25) is 11.8 Å². The van der Waals surface area contributed by atoms with E-state index in [0.717, 1.165) is 11.4 Å². The third-order valence-corrected chi connectivity index (χ3v) is 4.50. The lowest BCUT2D eigenvalue weighted by Gasteiger charge is -2.22. The zero-order chi connectivity index (χ0) is 17.9. The number of hydrogen-bond donors (Lipinski definition) is 1. The number of fused-ring (bicyclic) bond motifs is 1. The van der Waals surface area contributed by atoms with Gasteiger partial charge < -0.3 is 19.7 Å². The highest BCUT2D eigenvalue weighted by atomic mass is 16.6. The van der Waals surface area contributed by atoms with Crippen LogP contribution in [0.4, 0.5) is 5.69 Å². The van der Waals surface area contributed by atoms with Crippen molar-refractivity contribution in [1.29, 1.82) is 0 Å². The summed E-state index contributed by atoms with van der Waals surface area (Å²) in [6, 6.07) is 11.0. The van der Waals surface area contributed by atoms with Gasteiger partial charge in [0.05, 0.1) is 18.2 Å². The van der Waals surface area contributed by atoms with Gasteiger partial charge in [-0.3, -0.25) is 14.6 Å². The molecule has 4 rings (SSSR count). The fraction of sp³-hybridized carbons (Fsp3) is 0.316. The van der Waals surface area contributed by atoms with Crippen molar-refractivity contribution in [1.82, 2.24) is 10.3 Å². The van der Waals surface area contributed by atoms with Gasteiger partial charge in [-0.15, -0.1) is 0 Å². The highest BCUT2D eigenvalue weighted by Gasteiger charge is 2.35. The van der Waals surface area contributed by atoms with E-state index in [2.05, 4.69) is 10.3 Å². The van der Waals surface area contributed by atoms with Gasteiger partial charge in [0.15, 0.2) is 11.5 Å². The molecule has 2 aliphatic rings. The van der Waals surface area contributed by atoms with Crippen LogP contribution in [0.3, 0.4) is 0 Å². The predicted octanol–water partition coefficient (Wildman–Crippen LogP) is 1.52. The van der Waals surface area contributed by atoms with Crippen LogP contribution in [0.1, 0.15) is 12.1 Å². The Bertz CT molecular complexity index is 825. The maximum absolute atomic E-state index is 12.4. The molecule has 7 heteroatoms. The van der Waals surface area contributed by atoms with Crippen molar-refractivity contribution < 1.29 is 19.1 Å². The first-order chi connectivity index (χ1) is 12.7. The Labute approximate surface area is 150 Å². The van der Waals surface area contributed by atoms with Crippen molar-refractivity contribution >= 4 is 17.5 Å². The third kappa shape index (κ3) is 3.33. The summed E-state index contributed by atoms with van der Waals surface area (Å²) in [5, 5.41) is 2.86. The molecule has 3 heterocycles. The molecule has 0 aliphatic carbocycles. The lowest BCUT2D eigenvalue weighted by molar-refractivity contribution is -0.126. The van der Waals surface area contributed by atoms with Crippen LogP contribution in [0.5, 0.6) is 11.5 Å². The van der Waals surface area contributed by atoms with E-state index in [0.29, 0.717) is 37.8 Å². The lowest BCUT2D eigenvalue weighted by Crippen LogP contribution is -2.32. The summed E-state index contributed by atoms with van der Waals surface area (Å²) >= 11 is 0. The van der Waals surface area contributed by atoms with Crippen LogP contribution in [0, 0.1) is 5.92 Å². The second-order valence-electron chi connectivity index (χ2n) is 6.27. The van der Waals surface area contributed by atoms with E-state index in [-0.39, 0.29) is 24.2 Å². The first kappa shape index (κ1) is 16.4. The van der Waals surface area contributed by atoms with Crippen molar-refractivity contribution in [2.75, 3.05) is 24.7 Å². The zero-order valence-electron chi connectivity index (χ0n) is 14.2. The summed E-state index contributed by atoms with van der Waals surface area (Å²) in [6.45, 7) is 1.72. The van der Waals surface area contributed by atoms with Crippen LogP contribution in [0.2, 0.25) is 0 Å². The molecule has 26 heavy (non-hydrogen) atoms. The largest absolute Gasteiger partial charge is 0.486 e. The number of nitrogens with zero attached hydrogens (tertiary/aromatic N) is 2. The van der Waals surface area contributed by atoms with E-state index < -0.39 is 0 Å². The summed E-state index contributed by atoms with van der Waals surface area (Å²) < 4.78 is 11.1. The van der Waals surface area contributed by atoms with E-state index in [1.165, 1.54) is 0 Å². The van der Waals surface area contributed by atoms with Crippen LogP contribution < -0.4 is 19.7 Å². The number of aromatic nitrogens is 1. The van der Waals surface area contributed by atoms with Gasteiger partial charge in [-0.25, -0.2) is 0 Å². The van der Waals surface area contributed by atoms with Crippen LogP contribution in [-0.2, 0) is 16.1 Å². The van der Waals surface area contributed by atoms with E-state index in [1.807, 2.05) is 24.3 Å². The number of anilines is 1. The van der Waals surface area contributed by atoms with E-state index >= 15 is 0 Å². The van der Waals surface area contributed by atoms with Crippen molar-refractivity contribution in [3.8, 4) is 11.5 Å². The first-order valence-corrected chi connectivity index (χ1v) is 8.58. The van der Waals surface area contributed by atoms with Gasteiger partial charge >= 0.3 is 0 Å². The molecule has 0 radical (unpaired) electrons. The molecule has 0 bridgehead atoms. The molecule has 1 aromatic carbocycles. The normalized spacial score (nSPS) is 18.7. The SMILES string of the molecule is O=C(NCc1ccccn1)[C@@H]1CC(=O)N(c2ccc3c(c2)OCCO3)C1. The number of benzene rings is 1. The molecule has 7 nitrogen and oxygen atoms in total. The van der Waals surface area contributed by atoms with Gasteiger partial charge in [-0.1, -0.05) is 6.07 Å². The number of carbonyl (C=O) groups is 2. The molecule has 1 N–H and O–H groups in total. The zero-order valence-corrected chi connectivity index (χ0v) is 14.2. The van der Waals surface area contributed by atoms with Gasteiger partial charge in [0.1, 0.15) is 13.2 Å². The van der Waals surface area contributed by atoms with Gasteiger partial charge in [-0.05, 0) is 24.3 Å². The highest BCUT2D eigenvalue weighted by Crippen LogP contribution is 2.35. The molecule has 0 spiro atoms. The van der Waals surface area contributed by atoms with Crippen molar-refractivity contribution in [2.45, 2.75) is 13.0 Å². The summed E-state index contributed by atoms with van der Waals surface area (Å²) in [7, 11) is 0. The minimum atomic E-state index is -0.376. The Balaban J connectivity index is 1.41. The summed E-state index contributed by atoms with van der Waals surface area (Å²) in [6.07, 6.45) is 1.88. The second kappa shape index (κ2) is 7.03. The van der Waals surface area contributed by atoms with E-state index in [4.69, 9.17) is 9.47 Å². The smallest absolute Gasteiger partial charge is 0.227 e. The monoisotopic (exact) mass is 353 g/mol. The number of carbonyl (C=O) groups excluding carboxylic acids is 2. The molecule has 0 unspecified atom stereocenters. The topological polar surface area (TPSA) is 80.8 Å². The quantitative estimate of drug-likeness (QED) is 0.901. The Kier molecular flexibility index (Phi) is 4.43. The molecule has 134 valence electrons. The fourth-order valence-electron chi connectivity index (χ4n) is 3.16. The standard InChI is InChI=1S/C19H19N3O4/c23-18-9-13(19(24)21-11-14-3-1-2-6-20-14)12-22(18)15-4-5-16-17(10-15)26-8-7-25-16/h1-6,10,13H,7-9,11-12H2,(H,21,24)/t13-/m1/s1. The summed E-state index contributed by atoms with van der Waals surface area (Å²) in [5.74, 6) is 0.726. The molecular formula is C19H19N3O4. The molecule has 1 aromatic heterocycles. The Morgan fingerprint density at radius 2 is 2.04 bits per heavy atom. The molecule has 2 aliphatic heterocycles.